The van der Waals surface area contributed by atoms with Crippen LogP contribution in [0.4, 0.5) is 0 Å². The molecule has 2 aromatic carbocycles. The Morgan fingerprint density at radius 3 is 1.88 bits per heavy atom. The van der Waals surface area contributed by atoms with E-state index in [0.29, 0.717) is 6.04 Å². The van der Waals surface area contributed by atoms with Crippen LogP contribution in [0.15, 0.2) is 60.7 Å². The molecule has 0 bridgehead atoms. The molecular formula is C21H28ClNO. The fourth-order valence-electron chi connectivity index (χ4n) is 3.54. The molecule has 1 atom stereocenters. The van der Waals surface area contributed by atoms with Gasteiger partial charge < -0.3 is 10.1 Å². The molecule has 0 aromatic heterocycles. The van der Waals surface area contributed by atoms with Gasteiger partial charge in [0.05, 0.1) is 0 Å². The number of hydrogen-bond donors (Lipinski definition) is 1. The highest BCUT2D eigenvalue weighted by atomic mass is 35.5. The molecule has 0 saturated heterocycles. The highest BCUT2D eigenvalue weighted by Gasteiger charge is 2.38. The molecule has 0 aliphatic heterocycles. The van der Waals surface area contributed by atoms with E-state index in [1.807, 2.05) is 7.11 Å². The molecule has 24 heavy (non-hydrogen) atoms. The Hall–Kier alpha value is -1.35. The summed E-state index contributed by atoms with van der Waals surface area (Å²) in [5.41, 5.74) is 2.06. The van der Waals surface area contributed by atoms with Crippen molar-refractivity contribution in [1.29, 1.82) is 0 Å². The van der Waals surface area contributed by atoms with Crippen molar-refractivity contribution in [1.82, 2.24) is 5.32 Å². The maximum Gasteiger partial charge on any atom is 0.119 e. The number of hydrogen-bond acceptors (Lipinski definition) is 2. The summed E-state index contributed by atoms with van der Waals surface area (Å²) in [7, 11) is 3.91. The van der Waals surface area contributed by atoms with Crippen LogP contribution in [0.3, 0.4) is 0 Å². The van der Waals surface area contributed by atoms with Crippen LogP contribution < -0.4 is 5.32 Å². The van der Waals surface area contributed by atoms with E-state index in [-0.39, 0.29) is 12.4 Å². The van der Waals surface area contributed by atoms with Gasteiger partial charge in [0.25, 0.3) is 0 Å². The third-order valence-electron chi connectivity index (χ3n) is 5.09. The maximum absolute atomic E-state index is 6.20. The molecule has 0 amide bonds. The van der Waals surface area contributed by atoms with Crippen molar-refractivity contribution in [2.24, 2.45) is 5.92 Å². The fraction of sp³-hybridized carbons (Fsp3) is 0.429. The van der Waals surface area contributed by atoms with Gasteiger partial charge in [-0.3, -0.25) is 0 Å². The van der Waals surface area contributed by atoms with Crippen LogP contribution in [-0.4, -0.2) is 20.2 Å². The van der Waals surface area contributed by atoms with E-state index < -0.39 is 5.60 Å². The zero-order valence-electron chi connectivity index (χ0n) is 14.6. The summed E-state index contributed by atoms with van der Waals surface area (Å²) in [6.07, 6.45) is 4.95. The van der Waals surface area contributed by atoms with Crippen molar-refractivity contribution in [2.75, 3.05) is 14.2 Å². The molecule has 1 aliphatic rings. The smallest absolute Gasteiger partial charge is 0.119 e. The largest absolute Gasteiger partial charge is 0.369 e. The Labute approximate surface area is 152 Å². The number of ether oxygens (including phenoxy) is 1. The first-order valence-electron chi connectivity index (χ1n) is 8.62. The fourth-order valence-corrected chi connectivity index (χ4v) is 3.54. The summed E-state index contributed by atoms with van der Waals surface area (Å²) >= 11 is 0. The first-order valence-corrected chi connectivity index (χ1v) is 8.62. The summed E-state index contributed by atoms with van der Waals surface area (Å²) in [6.45, 7) is 0. The number of benzene rings is 2. The highest BCUT2D eigenvalue weighted by molar-refractivity contribution is 5.85. The Balaban J connectivity index is 0.00000208. The van der Waals surface area contributed by atoms with Crippen molar-refractivity contribution in [2.45, 2.75) is 37.3 Å². The van der Waals surface area contributed by atoms with Gasteiger partial charge >= 0.3 is 0 Å². The number of nitrogens with one attached hydrogen (secondary N) is 1. The molecule has 0 radical (unpaired) electrons. The van der Waals surface area contributed by atoms with Gasteiger partial charge in [0.15, 0.2) is 0 Å². The number of halogens is 1. The lowest BCUT2D eigenvalue weighted by molar-refractivity contribution is 0.00527. The topological polar surface area (TPSA) is 21.3 Å². The van der Waals surface area contributed by atoms with Gasteiger partial charge in [0.1, 0.15) is 5.60 Å². The molecule has 0 spiro atoms. The van der Waals surface area contributed by atoms with E-state index in [0.717, 1.165) is 12.3 Å². The molecule has 1 unspecified atom stereocenters. The van der Waals surface area contributed by atoms with Gasteiger partial charge in [-0.25, -0.2) is 0 Å². The second-order valence-electron chi connectivity index (χ2n) is 6.63. The average Bonchev–Trinajstić information content (AvgIpc) is 3.44. The first kappa shape index (κ1) is 19.0. The maximum atomic E-state index is 6.20. The first-order chi connectivity index (χ1) is 11.3. The van der Waals surface area contributed by atoms with Crippen LogP contribution in [0.25, 0.3) is 0 Å². The molecule has 2 nitrogen and oxygen atoms in total. The summed E-state index contributed by atoms with van der Waals surface area (Å²) in [6, 6.07) is 21.7. The van der Waals surface area contributed by atoms with Crippen molar-refractivity contribution >= 4 is 12.4 Å². The van der Waals surface area contributed by atoms with Crippen LogP contribution >= 0.6 is 12.4 Å². The zero-order chi connectivity index (χ0) is 16.1. The Morgan fingerprint density at radius 2 is 1.50 bits per heavy atom. The molecule has 1 saturated carbocycles. The minimum absolute atomic E-state index is 0. The SMILES string of the molecule is CNC(CC1CC1)CC(OC)(c1ccccc1)c1ccccc1.Cl. The molecule has 1 N–H and O–H groups in total. The van der Waals surface area contributed by atoms with E-state index in [2.05, 4.69) is 73.0 Å². The van der Waals surface area contributed by atoms with E-state index >= 15 is 0 Å². The molecule has 130 valence electrons. The van der Waals surface area contributed by atoms with Crippen molar-refractivity contribution in [3.05, 3.63) is 71.8 Å². The lowest BCUT2D eigenvalue weighted by Gasteiger charge is -2.37. The minimum Gasteiger partial charge on any atom is -0.369 e. The monoisotopic (exact) mass is 345 g/mol. The van der Waals surface area contributed by atoms with Crippen LogP contribution in [0, 0.1) is 5.92 Å². The third kappa shape index (κ3) is 4.18. The quantitative estimate of drug-likeness (QED) is 0.743. The zero-order valence-corrected chi connectivity index (χ0v) is 15.4. The second-order valence-corrected chi connectivity index (χ2v) is 6.63. The van der Waals surface area contributed by atoms with Crippen LogP contribution in [0.2, 0.25) is 0 Å². The van der Waals surface area contributed by atoms with Gasteiger partial charge in [0.2, 0.25) is 0 Å². The highest BCUT2D eigenvalue weighted by Crippen LogP contribution is 2.41. The minimum atomic E-state index is -0.398. The van der Waals surface area contributed by atoms with E-state index in [9.17, 15) is 0 Å². The standard InChI is InChI=1S/C21H27NO.ClH/c1-22-20(15-17-13-14-17)16-21(23-2,18-9-5-3-6-10-18)19-11-7-4-8-12-19;/h3-12,17,20,22H,13-16H2,1-2H3;1H. The molecule has 3 rings (SSSR count). The van der Waals surface area contributed by atoms with Crippen LogP contribution in [0.1, 0.15) is 36.8 Å². The van der Waals surface area contributed by atoms with Crippen molar-refractivity contribution in [3.8, 4) is 0 Å². The summed E-state index contributed by atoms with van der Waals surface area (Å²) in [5, 5.41) is 3.52. The molecule has 3 heteroatoms. The Bertz CT molecular complexity index is 558. The van der Waals surface area contributed by atoms with Gasteiger partial charge in [-0.2, -0.15) is 0 Å². The van der Waals surface area contributed by atoms with Crippen LogP contribution in [0.5, 0.6) is 0 Å². The summed E-state index contributed by atoms with van der Waals surface area (Å²) in [5.74, 6) is 0.897. The molecular weight excluding hydrogens is 318 g/mol. The molecule has 1 fully saturated rings. The molecule has 0 heterocycles. The van der Waals surface area contributed by atoms with Gasteiger partial charge in [-0.1, -0.05) is 73.5 Å². The van der Waals surface area contributed by atoms with Crippen molar-refractivity contribution < 1.29 is 4.74 Å². The van der Waals surface area contributed by atoms with Crippen LogP contribution in [-0.2, 0) is 10.3 Å². The Morgan fingerprint density at radius 1 is 1.00 bits per heavy atom. The molecule has 2 aromatic rings. The predicted octanol–water partition coefficient (Wildman–Crippen LogP) is 4.78. The Kier molecular flexibility index (Phi) is 6.85. The predicted molar refractivity (Wildman–Crippen MR) is 103 cm³/mol. The van der Waals surface area contributed by atoms with E-state index in [1.165, 1.54) is 30.4 Å². The van der Waals surface area contributed by atoms with E-state index in [4.69, 9.17) is 4.74 Å². The van der Waals surface area contributed by atoms with Gasteiger partial charge in [0, 0.05) is 19.6 Å². The lowest BCUT2D eigenvalue weighted by atomic mass is 9.80. The second kappa shape index (κ2) is 8.66. The van der Waals surface area contributed by atoms with Gasteiger partial charge in [-0.15, -0.1) is 12.4 Å². The summed E-state index contributed by atoms with van der Waals surface area (Å²) < 4.78 is 6.20. The summed E-state index contributed by atoms with van der Waals surface area (Å²) in [4.78, 5) is 0. The average molecular weight is 346 g/mol. The molecule has 1 aliphatic carbocycles. The van der Waals surface area contributed by atoms with Crippen molar-refractivity contribution in [3.63, 3.8) is 0 Å². The number of rotatable bonds is 8. The van der Waals surface area contributed by atoms with Gasteiger partial charge in [-0.05, 0) is 30.5 Å². The normalized spacial score (nSPS) is 15.6. The third-order valence-corrected chi connectivity index (χ3v) is 5.09. The van der Waals surface area contributed by atoms with E-state index in [1.54, 1.807) is 0 Å². The lowest BCUT2D eigenvalue weighted by Crippen LogP contribution is -2.39. The number of methoxy groups -OCH3 is 1.